The van der Waals surface area contributed by atoms with Gasteiger partial charge >= 0.3 is 0 Å². The zero-order valence-electron chi connectivity index (χ0n) is 13.2. The van der Waals surface area contributed by atoms with E-state index >= 15 is 0 Å². The molecule has 2 aromatic rings. The molecule has 1 fully saturated rings. The Labute approximate surface area is 140 Å². The summed E-state index contributed by atoms with van der Waals surface area (Å²) < 4.78 is 18.4. The van der Waals surface area contributed by atoms with E-state index in [1.807, 2.05) is 24.3 Å². The minimum absolute atomic E-state index is 0.251. The van der Waals surface area contributed by atoms with Gasteiger partial charge in [-0.15, -0.1) is 0 Å². The summed E-state index contributed by atoms with van der Waals surface area (Å²) in [7, 11) is 0. The predicted molar refractivity (Wildman–Crippen MR) is 93.5 cm³/mol. The highest BCUT2D eigenvalue weighted by molar-refractivity contribution is 6.02. The molecule has 4 nitrogen and oxygen atoms in total. The van der Waals surface area contributed by atoms with Crippen molar-refractivity contribution in [2.24, 2.45) is 0 Å². The van der Waals surface area contributed by atoms with Gasteiger partial charge in [0.15, 0.2) is 0 Å². The first-order valence-corrected chi connectivity index (χ1v) is 7.88. The number of halogens is 1. The first-order valence-electron chi connectivity index (χ1n) is 7.88. The highest BCUT2D eigenvalue weighted by atomic mass is 19.1. The lowest BCUT2D eigenvalue weighted by Crippen LogP contribution is -2.36. The van der Waals surface area contributed by atoms with E-state index in [0.717, 1.165) is 37.7 Å². The van der Waals surface area contributed by atoms with Gasteiger partial charge in [0.1, 0.15) is 5.82 Å². The third-order valence-corrected chi connectivity index (χ3v) is 3.79. The number of amides is 1. The largest absolute Gasteiger partial charge is 0.378 e. The average Bonchev–Trinajstić information content (AvgIpc) is 2.61. The number of rotatable bonds is 4. The second-order valence-corrected chi connectivity index (χ2v) is 5.52. The van der Waals surface area contributed by atoms with Gasteiger partial charge in [0, 0.05) is 30.5 Å². The van der Waals surface area contributed by atoms with E-state index in [9.17, 15) is 9.18 Å². The first-order chi connectivity index (χ1) is 11.7. The molecule has 0 unspecified atom stereocenters. The molecule has 2 aromatic carbocycles. The summed E-state index contributed by atoms with van der Waals surface area (Å²) in [6, 6.07) is 13.8. The number of ether oxygens (including phenoxy) is 1. The third-order valence-electron chi connectivity index (χ3n) is 3.79. The van der Waals surface area contributed by atoms with Crippen LogP contribution in [-0.2, 0) is 9.53 Å². The number of nitrogens with zero attached hydrogens (tertiary/aromatic N) is 1. The van der Waals surface area contributed by atoms with Gasteiger partial charge in [-0.05, 0) is 48.0 Å². The number of anilines is 2. The van der Waals surface area contributed by atoms with Crippen LogP contribution in [-0.4, -0.2) is 32.2 Å². The van der Waals surface area contributed by atoms with Crippen LogP contribution in [0.4, 0.5) is 15.8 Å². The summed E-state index contributed by atoms with van der Waals surface area (Å²) in [5, 5.41) is 2.79. The zero-order valence-corrected chi connectivity index (χ0v) is 13.2. The van der Waals surface area contributed by atoms with Crippen LogP contribution in [0.15, 0.2) is 54.6 Å². The molecule has 1 amide bonds. The molecule has 0 aromatic heterocycles. The Balaban J connectivity index is 1.58. The van der Waals surface area contributed by atoms with Crippen molar-refractivity contribution in [3.63, 3.8) is 0 Å². The van der Waals surface area contributed by atoms with Crippen molar-refractivity contribution in [2.75, 3.05) is 36.5 Å². The number of morpholine rings is 1. The lowest BCUT2D eigenvalue weighted by Gasteiger charge is -2.28. The SMILES string of the molecule is O=C(/C=C/c1cccc(F)c1)Nc1ccc(N2CCOCC2)cc1. The van der Waals surface area contributed by atoms with Gasteiger partial charge in [0.05, 0.1) is 13.2 Å². The molecular formula is C19H19FN2O2. The fraction of sp³-hybridized carbons (Fsp3) is 0.211. The molecular weight excluding hydrogens is 307 g/mol. The molecule has 5 heteroatoms. The van der Waals surface area contributed by atoms with E-state index in [-0.39, 0.29) is 11.7 Å². The molecule has 124 valence electrons. The molecule has 1 aliphatic heterocycles. The van der Waals surface area contributed by atoms with Crippen molar-refractivity contribution in [1.29, 1.82) is 0 Å². The summed E-state index contributed by atoms with van der Waals surface area (Å²) in [6.07, 6.45) is 2.98. The van der Waals surface area contributed by atoms with Crippen LogP contribution < -0.4 is 10.2 Å². The van der Waals surface area contributed by atoms with E-state index in [1.54, 1.807) is 18.2 Å². The molecule has 0 spiro atoms. The maximum Gasteiger partial charge on any atom is 0.248 e. The van der Waals surface area contributed by atoms with Crippen molar-refractivity contribution in [1.82, 2.24) is 0 Å². The molecule has 1 heterocycles. The molecule has 0 radical (unpaired) electrons. The Morgan fingerprint density at radius 3 is 2.58 bits per heavy atom. The molecule has 3 rings (SSSR count). The van der Waals surface area contributed by atoms with Crippen LogP contribution in [0, 0.1) is 5.82 Å². The second kappa shape index (κ2) is 7.75. The van der Waals surface area contributed by atoms with Gasteiger partial charge in [-0.2, -0.15) is 0 Å². The molecule has 1 aliphatic rings. The first kappa shape index (κ1) is 16.2. The van der Waals surface area contributed by atoms with Crippen LogP contribution in [0.25, 0.3) is 6.08 Å². The van der Waals surface area contributed by atoms with Crippen LogP contribution in [0.2, 0.25) is 0 Å². The van der Waals surface area contributed by atoms with Crippen molar-refractivity contribution in [3.8, 4) is 0 Å². The number of carbonyl (C=O) groups is 1. The quantitative estimate of drug-likeness (QED) is 0.877. The number of hydrogen-bond acceptors (Lipinski definition) is 3. The lowest BCUT2D eigenvalue weighted by atomic mass is 10.2. The highest BCUT2D eigenvalue weighted by Gasteiger charge is 2.10. The number of hydrogen-bond donors (Lipinski definition) is 1. The van der Waals surface area contributed by atoms with Crippen LogP contribution in [0.3, 0.4) is 0 Å². The Morgan fingerprint density at radius 2 is 1.88 bits per heavy atom. The Morgan fingerprint density at radius 1 is 1.12 bits per heavy atom. The zero-order chi connectivity index (χ0) is 16.8. The van der Waals surface area contributed by atoms with E-state index in [1.165, 1.54) is 18.2 Å². The van der Waals surface area contributed by atoms with Crippen LogP contribution in [0.1, 0.15) is 5.56 Å². The summed E-state index contributed by atoms with van der Waals surface area (Å²) in [6.45, 7) is 3.23. The highest BCUT2D eigenvalue weighted by Crippen LogP contribution is 2.19. The Kier molecular flexibility index (Phi) is 5.23. The lowest BCUT2D eigenvalue weighted by molar-refractivity contribution is -0.111. The molecule has 1 saturated heterocycles. The van der Waals surface area contributed by atoms with Crippen molar-refractivity contribution < 1.29 is 13.9 Å². The summed E-state index contributed by atoms with van der Waals surface area (Å²) >= 11 is 0. The maximum atomic E-state index is 13.1. The van der Waals surface area contributed by atoms with E-state index in [0.29, 0.717) is 5.56 Å². The normalized spacial score (nSPS) is 14.8. The molecule has 1 N–H and O–H groups in total. The van der Waals surface area contributed by atoms with E-state index < -0.39 is 0 Å². The number of benzene rings is 2. The number of nitrogens with one attached hydrogen (secondary N) is 1. The maximum absolute atomic E-state index is 13.1. The monoisotopic (exact) mass is 326 g/mol. The van der Waals surface area contributed by atoms with Gasteiger partial charge in [0.2, 0.25) is 5.91 Å². The van der Waals surface area contributed by atoms with Crippen molar-refractivity contribution in [2.45, 2.75) is 0 Å². The topological polar surface area (TPSA) is 41.6 Å². The summed E-state index contributed by atoms with van der Waals surface area (Å²) in [5.74, 6) is -0.574. The van der Waals surface area contributed by atoms with Crippen LogP contribution >= 0.6 is 0 Å². The van der Waals surface area contributed by atoms with Crippen LogP contribution in [0.5, 0.6) is 0 Å². The van der Waals surface area contributed by atoms with Crippen molar-refractivity contribution in [3.05, 3.63) is 66.0 Å². The molecule has 0 bridgehead atoms. The summed E-state index contributed by atoms with van der Waals surface area (Å²) in [5.41, 5.74) is 2.49. The van der Waals surface area contributed by atoms with Crippen molar-refractivity contribution >= 4 is 23.4 Å². The minimum atomic E-state index is -0.323. The number of carbonyl (C=O) groups excluding carboxylic acids is 1. The van der Waals surface area contributed by atoms with E-state index in [4.69, 9.17) is 4.74 Å². The second-order valence-electron chi connectivity index (χ2n) is 5.52. The van der Waals surface area contributed by atoms with Gasteiger partial charge < -0.3 is 15.0 Å². The van der Waals surface area contributed by atoms with Gasteiger partial charge in [-0.3, -0.25) is 4.79 Å². The van der Waals surface area contributed by atoms with Gasteiger partial charge in [-0.25, -0.2) is 4.39 Å². The Hall–Kier alpha value is -2.66. The molecule has 24 heavy (non-hydrogen) atoms. The molecule has 0 atom stereocenters. The van der Waals surface area contributed by atoms with Gasteiger partial charge in [0.25, 0.3) is 0 Å². The summed E-state index contributed by atoms with van der Waals surface area (Å²) in [4.78, 5) is 14.2. The Bertz CT molecular complexity index is 722. The van der Waals surface area contributed by atoms with E-state index in [2.05, 4.69) is 10.2 Å². The minimum Gasteiger partial charge on any atom is -0.378 e. The third kappa shape index (κ3) is 4.43. The average molecular weight is 326 g/mol. The predicted octanol–water partition coefficient (Wildman–Crippen LogP) is 3.31. The standard InChI is InChI=1S/C19H19FN2O2/c20-16-3-1-2-15(14-16)4-9-19(23)21-17-5-7-18(8-6-17)22-10-12-24-13-11-22/h1-9,14H,10-13H2,(H,21,23)/b9-4+. The fourth-order valence-electron chi connectivity index (χ4n) is 2.54. The fourth-order valence-corrected chi connectivity index (χ4v) is 2.54. The van der Waals surface area contributed by atoms with Gasteiger partial charge in [-0.1, -0.05) is 12.1 Å². The molecule has 0 aliphatic carbocycles. The smallest absolute Gasteiger partial charge is 0.248 e. The molecule has 0 saturated carbocycles.